The fourth-order valence-electron chi connectivity index (χ4n) is 2.91. The zero-order valence-electron chi connectivity index (χ0n) is 15.8. The number of pyridine rings is 1. The van der Waals surface area contributed by atoms with Crippen molar-refractivity contribution >= 4 is 40.1 Å². The van der Waals surface area contributed by atoms with E-state index < -0.39 is 11.8 Å². The van der Waals surface area contributed by atoms with Crippen molar-refractivity contribution in [3.05, 3.63) is 82.6 Å². The van der Waals surface area contributed by atoms with Crippen LogP contribution in [0.5, 0.6) is 0 Å². The van der Waals surface area contributed by atoms with E-state index in [1.807, 2.05) is 24.3 Å². The summed E-state index contributed by atoms with van der Waals surface area (Å²) in [5.41, 5.74) is 0.990. The molecule has 0 fully saturated rings. The minimum Gasteiger partial charge on any atom is -0.454 e. The third-order valence-electron chi connectivity index (χ3n) is 4.31. The fourth-order valence-corrected chi connectivity index (χ4v) is 3.19. The Balaban J connectivity index is 1.62. The quantitative estimate of drug-likeness (QED) is 0.273. The van der Waals surface area contributed by atoms with Crippen LogP contribution in [0, 0.1) is 12.7 Å². The van der Waals surface area contributed by atoms with Crippen molar-refractivity contribution in [2.45, 2.75) is 13.5 Å². The Morgan fingerprint density at radius 3 is 2.80 bits per heavy atom. The molecule has 150 valence electrons. The van der Waals surface area contributed by atoms with Crippen molar-refractivity contribution < 1.29 is 13.9 Å². The number of halogens is 2. The van der Waals surface area contributed by atoms with E-state index in [4.69, 9.17) is 16.3 Å². The van der Waals surface area contributed by atoms with Crippen molar-refractivity contribution in [3.8, 4) is 0 Å². The average Bonchev–Trinajstić information content (AvgIpc) is 3.16. The van der Waals surface area contributed by atoms with Crippen molar-refractivity contribution in [2.75, 3.05) is 0 Å². The molecule has 0 bridgehead atoms. The largest absolute Gasteiger partial charge is 0.454 e. The highest BCUT2D eigenvalue weighted by Gasteiger charge is 2.18. The molecule has 2 aromatic carbocycles. The summed E-state index contributed by atoms with van der Waals surface area (Å²) in [6.45, 7) is 1.53. The maximum Gasteiger partial charge on any atom is 0.357 e. The van der Waals surface area contributed by atoms with Gasteiger partial charge in [0.25, 0.3) is 0 Å². The molecule has 0 unspecified atom stereocenters. The minimum absolute atomic E-state index is 0.0370. The number of hydrogen-bond acceptors (Lipinski definition) is 6. The number of hydrogen-bond donors (Lipinski definition) is 0. The number of tetrazole rings is 1. The van der Waals surface area contributed by atoms with Crippen LogP contribution in [0.3, 0.4) is 0 Å². The maximum absolute atomic E-state index is 13.6. The second-order valence-corrected chi connectivity index (χ2v) is 6.78. The lowest BCUT2D eigenvalue weighted by molar-refractivity contribution is -0.138. The number of carbonyl (C=O) groups excluding carboxylic acids is 1. The van der Waals surface area contributed by atoms with Crippen LogP contribution in [0.25, 0.3) is 22.5 Å². The third kappa shape index (κ3) is 4.18. The normalized spacial score (nSPS) is 11.6. The summed E-state index contributed by atoms with van der Waals surface area (Å²) in [7, 11) is 0. The molecule has 9 heteroatoms. The second-order valence-electron chi connectivity index (χ2n) is 6.42. The molecule has 30 heavy (non-hydrogen) atoms. The number of nitrogens with zero attached hydrogens (tertiary/aromatic N) is 5. The van der Waals surface area contributed by atoms with Crippen LogP contribution in [-0.2, 0) is 16.1 Å². The van der Waals surface area contributed by atoms with Gasteiger partial charge >= 0.3 is 5.97 Å². The first-order valence-electron chi connectivity index (χ1n) is 8.95. The molecule has 0 amide bonds. The standard InChI is InChI=1S/C21H15ClFN5O2/c1-13-25-26-27-28(13)19(10-14-5-4-7-16(23)9-14)21(29)30-12-17-11-15-6-2-3-8-18(15)20(22)24-17/h2-11H,12H2,1H3/b19-10-. The minimum atomic E-state index is -0.694. The smallest absolute Gasteiger partial charge is 0.357 e. The summed E-state index contributed by atoms with van der Waals surface area (Å²) >= 11 is 6.24. The second kappa shape index (κ2) is 8.38. The van der Waals surface area contributed by atoms with E-state index in [9.17, 15) is 9.18 Å². The van der Waals surface area contributed by atoms with Gasteiger partial charge in [-0.15, -0.1) is 5.10 Å². The number of aryl methyl sites for hydroxylation is 1. The summed E-state index contributed by atoms with van der Waals surface area (Å²) in [5.74, 6) is -0.748. The molecule has 0 saturated heterocycles. The van der Waals surface area contributed by atoms with E-state index in [0.29, 0.717) is 22.2 Å². The Bertz CT molecular complexity index is 1270. The highest BCUT2D eigenvalue weighted by atomic mass is 35.5. The Morgan fingerprint density at radius 2 is 2.03 bits per heavy atom. The van der Waals surface area contributed by atoms with Gasteiger partial charge in [0.2, 0.25) is 0 Å². The fraction of sp³-hybridized carbons (Fsp3) is 0.0952. The van der Waals surface area contributed by atoms with Crippen LogP contribution in [0.15, 0.2) is 54.6 Å². The van der Waals surface area contributed by atoms with Gasteiger partial charge in [0.05, 0.1) is 5.69 Å². The molecular formula is C21H15ClFN5O2. The molecule has 0 aliphatic heterocycles. The van der Waals surface area contributed by atoms with Gasteiger partial charge in [0.15, 0.2) is 11.5 Å². The zero-order chi connectivity index (χ0) is 21.1. The van der Waals surface area contributed by atoms with Gasteiger partial charge in [-0.1, -0.05) is 48.0 Å². The highest BCUT2D eigenvalue weighted by Crippen LogP contribution is 2.23. The zero-order valence-corrected chi connectivity index (χ0v) is 16.5. The summed E-state index contributed by atoms with van der Waals surface area (Å²) in [5, 5.41) is 13.2. The number of ether oxygens (including phenoxy) is 1. The molecule has 0 radical (unpaired) electrons. The van der Waals surface area contributed by atoms with E-state index in [0.717, 1.165) is 10.8 Å². The predicted octanol–water partition coefficient (Wildman–Crippen LogP) is 4.06. The first kappa shape index (κ1) is 19.7. The maximum atomic E-state index is 13.6. The molecule has 2 heterocycles. The number of esters is 1. The molecular weight excluding hydrogens is 409 g/mol. The monoisotopic (exact) mass is 423 g/mol. The predicted molar refractivity (Wildman–Crippen MR) is 110 cm³/mol. The van der Waals surface area contributed by atoms with E-state index >= 15 is 0 Å². The van der Waals surface area contributed by atoms with Crippen LogP contribution in [0.4, 0.5) is 4.39 Å². The third-order valence-corrected chi connectivity index (χ3v) is 4.60. The first-order chi connectivity index (χ1) is 14.5. The molecule has 4 aromatic rings. The van der Waals surface area contributed by atoms with Gasteiger partial charge in [-0.05, 0) is 52.6 Å². The molecule has 2 aromatic heterocycles. The van der Waals surface area contributed by atoms with Crippen molar-refractivity contribution in [2.24, 2.45) is 0 Å². The first-order valence-corrected chi connectivity index (χ1v) is 9.33. The summed E-state index contributed by atoms with van der Waals surface area (Å²) in [6, 6.07) is 15.1. The molecule has 0 aliphatic rings. The highest BCUT2D eigenvalue weighted by molar-refractivity contribution is 6.34. The van der Waals surface area contributed by atoms with E-state index in [2.05, 4.69) is 20.5 Å². The van der Waals surface area contributed by atoms with Gasteiger partial charge in [-0.2, -0.15) is 4.68 Å². The Labute approximate surface area is 175 Å². The van der Waals surface area contributed by atoms with Crippen LogP contribution < -0.4 is 0 Å². The number of benzene rings is 2. The summed E-state index contributed by atoms with van der Waals surface area (Å²) in [6.07, 6.45) is 1.45. The van der Waals surface area contributed by atoms with Crippen molar-refractivity contribution in [3.63, 3.8) is 0 Å². The van der Waals surface area contributed by atoms with E-state index in [-0.39, 0.29) is 12.3 Å². The molecule has 4 rings (SSSR count). The van der Waals surface area contributed by atoms with Crippen LogP contribution in [0.2, 0.25) is 5.15 Å². The van der Waals surface area contributed by atoms with Gasteiger partial charge in [0.1, 0.15) is 17.6 Å². The number of aromatic nitrogens is 5. The number of rotatable bonds is 5. The number of carbonyl (C=O) groups is 1. The van der Waals surface area contributed by atoms with Crippen LogP contribution >= 0.6 is 11.6 Å². The molecule has 0 aliphatic carbocycles. The van der Waals surface area contributed by atoms with Gasteiger partial charge in [0, 0.05) is 5.39 Å². The topological polar surface area (TPSA) is 82.8 Å². The van der Waals surface area contributed by atoms with Crippen LogP contribution in [0.1, 0.15) is 17.1 Å². The molecule has 7 nitrogen and oxygen atoms in total. The van der Waals surface area contributed by atoms with Gasteiger partial charge in [-0.3, -0.25) is 0 Å². The average molecular weight is 424 g/mol. The lowest BCUT2D eigenvalue weighted by Crippen LogP contribution is -2.15. The number of fused-ring (bicyclic) bond motifs is 1. The molecule has 0 saturated carbocycles. The van der Waals surface area contributed by atoms with Gasteiger partial charge in [-0.25, -0.2) is 14.2 Å². The SMILES string of the molecule is Cc1nnnn1/C(=C\c1cccc(F)c1)C(=O)OCc1cc2ccccc2c(Cl)n1. The Morgan fingerprint density at radius 1 is 1.20 bits per heavy atom. The molecule has 0 N–H and O–H groups in total. The molecule has 0 atom stereocenters. The van der Waals surface area contributed by atoms with Crippen molar-refractivity contribution in [1.82, 2.24) is 25.2 Å². The molecule has 0 spiro atoms. The summed E-state index contributed by atoms with van der Waals surface area (Å²) < 4.78 is 20.2. The Hall–Kier alpha value is -3.65. The van der Waals surface area contributed by atoms with E-state index in [1.165, 1.54) is 29.0 Å². The lowest BCUT2D eigenvalue weighted by Gasteiger charge is -2.10. The van der Waals surface area contributed by atoms with E-state index in [1.54, 1.807) is 19.1 Å². The van der Waals surface area contributed by atoms with Crippen molar-refractivity contribution in [1.29, 1.82) is 0 Å². The summed E-state index contributed by atoms with van der Waals surface area (Å²) in [4.78, 5) is 17.1. The van der Waals surface area contributed by atoms with Gasteiger partial charge < -0.3 is 4.74 Å². The van der Waals surface area contributed by atoms with Crippen LogP contribution in [-0.4, -0.2) is 31.2 Å². The lowest BCUT2D eigenvalue weighted by atomic mass is 10.1. The Kier molecular flexibility index (Phi) is 5.49.